The maximum Gasteiger partial charge on any atom is 0.244 e. The summed E-state index contributed by atoms with van der Waals surface area (Å²) in [6, 6.07) is 13.5. The molecule has 2 atom stereocenters. The summed E-state index contributed by atoms with van der Waals surface area (Å²) in [7, 11) is -2.23. The van der Waals surface area contributed by atoms with Gasteiger partial charge in [-0.25, -0.2) is 8.42 Å². The Hall–Kier alpha value is -3.07. The van der Waals surface area contributed by atoms with Gasteiger partial charge < -0.3 is 15.0 Å². The minimum Gasteiger partial charge on any atom is -0.497 e. The second kappa shape index (κ2) is 12.8. The van der Waals surface area contributed by atoms with Crippen molar-refractivity contribution in [3.8, 4) is 5.75 Å². The van der Waals surface area contributed by atoms with E-state index < -0.39 is 28.5 Å². The quantitative estimate of drug-likeness (QED) is 0.460. The first kappa shape index (κ1) is 29.2. The molecule has 8 nitrogen and oxygen atoms in total. The largest absolute Gasteiger partial charge is 0.497 e. The molecule has 0 aromatic heterocycles. The molecule has 0 saturated carbocycles. The number of nitrogens with one attached hydrogen (secondary N) is 1. The summed E-state index contributed by atoms with van der Waals surface area (Å²) in [5.41, 5.74) is 2.04. The van der Waals surface area contributed by atoms with E-state index in [4.69, 9.17) is 4.74 Å². The first-order valence-electron chi connectivity index (χ1n) is 12.2. The number of carbonyl (C=O) groups excluding carboxylic acids is 2. The molecule has 0 radical (unpaired) electrons. The van der Waals surface area contributed by atoms with Crippen molar-refractivity contribution in [2.24, 2.45) is 0 Å². The number of methoxy groups -OCH3 is 1. The highest BCUT2D eigenvalue weighted by atomic mass is 32.2. The molecule has 9 heteroatoms. The number of nitrogens with zero attached hydrogens (tertiary/aromatic N) is 2. The van der Waals surface area contributed by atoms with E-state index in [-0.39, 0.29) is 24.4 Å². The predicted molar refractivity (Wildman–Crippen MR) is 144 cm³/mol. The number of hydrogen-bond acceptors (Lipinski definition) is 5. The summed E-state index contributed by atoms with van der Waals surface area (Å²) < 4.78 is 32.1. The van der Waals surface area contributed by atoms with Gasteiger partial charge in [-0.3, -0.25) is 13.9 Å². The van der Waals surface area contributed by atoms with Gasteiger partial charge in [0.25, 0.3) is 0 Å². The van der Waals surface area contributed by atoms with E-state index in [1.54, 1.807) is 38.3 Å². The fraction of sp³-hybridized carbons (Fsp3) is 0.481. The maximum absolute atomic E-state index is 13.7. The van der Waals surface area contributed by atoms with Crippen molar-refractivity contribution in [2.75, 3.05) is 24.2 Å². The van der Waals surface area contributed by atoms with Gasteiger partial charge in [-0.15, -0.1) is 0 Å². The maximum atomic E-state index is 13.7. The number of sulfonamides is 1. The van der Waals surface area contributed by atoms with Crippen LogP contribution in [0.3, 0.4) is 0 Å². The third-order valence-corrected chi connectivity index (χ3v) is 7.29. The molecular formula is C27H39N3O5S. The second-order valence-electron chi connectivity index (χ2n) is 9.35. The number of hydrogen-bond donors (Lipinski definition) is 1. The van der Waals surface area contributed by atoms with Crippen molar-refractivity contribution in [2.45, 2.75) is 65.6 Å². The second-order valence-corrected chi connectivity index (χ2v) is 11.3. The first-order valence-corrected chi connectivity index (χ1v) is 14.0. The van der Waals surface area contributed by atoms with Gasteiger partial charge in [0.05, 0.1) is 19.1 Å². The van der Waals surface area contributed by atoms with Crippen molar-refractivity contribution < 1.29 is 22.7 Å². The molecule has 0 bridgehead atoms. The standard InChI is InChI=1S/C27H39N3O5S/c1-8-20(4)28-27(32)21(5)29(17-22-12-11-13-23(16-22)35-6)26(31)18-30(36(7,33)34)25-15-10-9-14-24(25)19(2)3/h9-16,19-21H,8,17-18H2,1-7H3,(H,28,32). The third kappa shape index (κ3) is 7.71. The van der Waals surface area contributed by atoms with Crippen LogP contribution >= 0.6 is 0 Å². The van der Waals surface area contributed by atoms with Gasteiger partial charge in [0.15, 0.2) is 0 Å². The molecule has 0 saturated heterocycles. The van der Waals surface area contributed by atoms with Crippen LogP contribution in [-0.2, 0) is 26.2 Å². The van der Waals surface area contributed by atoms with E-state index in [9.17, 15) is 18.0 Å². The SMILES string of the molecule is CCC(C)NC(=O)C(C)N(Cc1cccc(OC)c1)C(=O)CN(c1ccccc1C(C)C)S(C)(=O)=O. The molecule has 2 aromatic carbocycles. The summed E-state index contributed by atoms with van der Waals surface area (Å²) >= 11 is 0. The molecule has 1 N–H and O–H groups in total. The molecule has 36 heavy (non-hydrogen) atoms. The molecule has 2 aromatic rings. The van der Waals surface area contributed by atoms with Gasteiger partial charge in [0.1, 0.15) is 18.3 Å². The summed E-state index contributed by atoms with van der Waals surface area (Å²) in [6.45, 7) is 9.15. The number of benzene rings is 2. The Labute approximate surface area is 215 Å². The van der Waals surface area contributed by atoms with Gasteiger partial charge >= 0.3 is 0 Å². The summed E-state index contributed by atoms with van der Waals surface area (Å²) in [4.78, 5) is 28.1. The Bertz CT molecular complexity index is 1150. The predicted octanol–water partition coefficient (Wildman–Crippen LogP) is 3.92. The van der Waals surface area contributed by atoms with Crippen molar-refractivity contribution in [3.05, 3.63) is 59.7 Å². The number of ether oxygens (including phenoxy) is 1. The van der Waals surface area contributed by atoms with E-state index in [0.717, 1.165) is 28.1 Å². The van der Waals surface area contributed by atoms with E-state index in [0.29, 0.717) is 11.4 Å². The van der Waals surface area contributed by atoms with Gasteiger partial charge in [-0.05, 0) is 55.5 Å². The van der Waals surface area contributed by atoms with Crippen molar-refractivity contribution >= 4 is 27.5 Å². The lowest BCUT2D eigenvalue weighted by Crippen LogP contribution is -2.52. The minimum atomic E-state index is -3.79. The van der Waals surface area contributed by atoms with Crippen molar-refractivity contribution in [1.29, 1.82) is 0 Å². The van der Waals surface area contributed by atoms with Crippen LogP contribution in [0.5, 0.6) is 5.75 Å². The van der Waals surface area contributed by atoms with Gasteiger partial charge in [0.2, 0.25) is 21.8 Å². The summed E-state index contributed by atoms with van der Waals surface area (Å²) in [5, 5.41) is 2.92. The number of rotatable bonds is 12. The summed E-state index contributed by atoms with van der Waals surface area (Å²) in [6.07, 6.45) is 1.83. The monoisotopic (exact) mass is 517 g/mol. The van der Waals surface area contributed by atoms with Gasteiger partial charge in [0, 0.05) is 12.6 Å². The number of para-hydroxylation sites is 1. The lowest BCUT2D eigenvalue weighted by molar-refractivity contribution is -0.139. The Kier molecular flexibility index (Phi) is 10.3. The third-order valence-electron chi connectivity index (χ3n) is 6.16. The molecule has 2 unspecified atom stereocenters. The molecule has 2 amide bonds. The molecule has 0 aliphatic heterocycles. The molecule has 2 rings (SSSR count). The Morgan fingerprint density at radius 2 is 1.69 bits per heavy atom. The van der Waals surface area contributed by atoms with E-state index in [2.05, 4.69) is 5.32 Å². The van der Waals surface area contributed by atoms with Crippen molar-refractivity contribution in [1.82, 2.24) is 10.2 Å². The molecule has 0 heterocycles. The fourth-order valence-electron chi connectivity index (χ4n) is 3.81. The van der Waals surface area contributed by atoms with E-state index in [1.807, 2.05) is 52.0 Å². The fourth-order valence-corrected chi connectivity index (χ4v) is 4.68. The molecule has 0 fully saturated rings. The number of carbonyl (C=O) groups is 2. The highest BCUT2D eigenvalue weighted by molar-refractivity contribution is 7.92. The highest BCUT2D eigenvalue weighted by Crippen LogP contribution is 2.29. The minimum absolute atomic E-state index is 0.0497. The van der Waals surface area contributed by atoms with Crippen molar-refractivity contribution in [3.63, 3.8) is 0 Å². The molecule has 0 aliphatic rings. The Morgan fingerprint density at radius 1 is 1.03 bits per heavy atom. The first-order chi connectivity index (χ1) is 16.9. The van der Waals surface area contributed by atoms with E-state index >= 15 is 0 Å². The average Bonchev–Trinajstić information content (AvgIpc) is 2.84. The van der Waals surface area contributed by atoms with Gasteiger partial charge in [-0.2, -0.15) is 0 Å². The van der Waals surface area contributed by atoms with Gasteiger partial charge in [-0.1, -0.05) is 51.1 Å². The Balaban J connectivity index is 2.47. The lowest BCUT2D eigenvalue weighted by Gasteiger charge is -2.32. The van der Waals surface area contributed by atoms with Crippen LogP contribution < -0.4 is 14.4 Å². The molecule has 198 valence electrons. The van der Waals surface area contributed by atoms with Crippen LogP contribution in [0, 0.1) is 0 Å². The molecular weight excluding hydrogens is 478 g/mol. The zero-order valence-corrected chi connectivity index (χ0v) is 23.1. The summed E-state index contributed by atoms with van der Waals surface area (Å²) in [5.74, 6) is -0.100. The topological polar surface area (TPSA) is 96.0 Å². The van der Waals surface area contributed by atoms with Crippen LogP contribution in [-0.4, -0.2) is 57.1 Å². The smallest absolute Gasteiger partial charge is 0.244 e. The van der Waals surface area contributed by atoms with Crippen LogP contribution in [0.2, 0.25) is 0 Å². The zero-order valence-electron chi connectivity index (χ0n) is 22.3. The van der Waals surface area contributed by atoms with Crippen LogP contribution in [0.25, 0.3) is 0 Å². The molecule has 0 aliphatic carbocycles. The number of amides is 2. The normalized spacial score (nSPS) is 13.1. The average molecular weight is 518 g/mol. The van der Waals surface area contributed by atoms with Crippen LogP contribution in [0.1, 0.15) is 58.1 Å². The highest BCUT2D eigenvalue weighted by Gasteiger charge is 2.31. The molecule has 0 spiro atoms. The lowest BCUT2D eigenvalue weighted by atomic mass is 10.0. The number of anilines is 1. The van der Waals surface area contributed by atoms with Crippen LogP contribution in [0.4, 0.5) is 5.69 Å². The Morgan fingerprint density at radius 3 is 2.28 bits per heavy atom. The van der Waals surface area contributed by atoms with E-state index in [1.165, 1.54) is 4.90 Å². The van der Waals surface area contributed by atoms with Crippen LogP contribution in [0.15, 0.2) is 48.5 Å². The zero-order chi connectivity index (χ0) is 27.0.